The van der Waals surface area contributed by atoms with Crippen LogP contribution in [0.5, 0.6) is 0 Å². The van der Waals surface area contributed by atoms with E-state index in [1.165, 1.54) is 29.5 Å². The number of ether oxygens (including phenoxy) is 4. The molecule has 0 bridgehead atoms. The topological polar surface area (TPSA) is 146 Å². The van der Waals surface area contributed by atoms with Crippen LogP contribution in [0.25, 0.3) is 6.08 Å². The molecule has 3 aromatic carbocycles. The molecular weight excluding hydrogens is 863 g/mol. The summed E-state index contributed by atoms with van der Waals surface area (Å²) in [5.74, 6) is -0.988. The van der Waals surface area contributed by atoms with Crippen LogP contribution >= 0.6 is 8.02 Å². The van der Waals surface area contributed by atoms with Gasteiger partial charge in [0.25, 0.3) is 0 Å². The fourth-order valence-corrected chi connectivity index (χ4v) is 3.62. The summed E-state index contributed by atoms with van der Waals surface area (Å²) in [4.78, 5) is 40.4. The summed E-state index contributed by atoms with van der Waals surface area (Å²) in [5, 5.41) is 15.8. The van der Waals surface area contributed by atoms with Crippen molar-refractivity contribution in [1.29, 1.82) is 0 Å². The van der Waals surface area contributed by atoms with Crippen molar-refractivity contribution in [2.45, 2.75) is 92.9 Å². The third kappa shape index (κ3) is 51.4. The molecule has 4 atom stereocenters. The van der Waals surface area contributed by atoms with Crippen LogP contribution in [-0.4, -0.2) is 74.7 Å². The second-order valence-corrected chi connectivity index (χ2v) is 13.1. The molecule has 0 spiro atoms. The van der Waals surface area contributed by atoms with E-state index in [0.717, 1.165) is 25.0 Å². The predicted molar refractivity (Wildman–Crippen MR) is 261 cm³/mol. The molecule has 63 heavy (non-hydrogen) atoms. The van der Waals surface area contributed by atoms with Gasteiger partial charge in [0.1, 0.15) is 13.2 Å². The van der Waals surface area contributed by atoms with Crippen molar-refractivity contribution in [2.75, 3.05) is 40.6 Å². The first-order valence-electron chi connectivity index (χ1n) is 20.6. The molecule has 0 heterocycles. The zero-order chi connectivity index (χ0) is 48.6. The summed E-state index contributed by atoms with van der Waals surface area (Å²) in [6.07, 6.45) is 7.78. The fraction of sp³-hybridized carbons (Fsp3) is 0.440. The largest absolute Gasteiger partial charge is 1.00 e. The van der Waals surface area contributed by atoms with Crippen LogP contribution in [0.4, 0.5) is 0 Å². The number of esters is 2. The van der Waals surface area contributed by atoms with Crippen LogP contribution in [0.1, 0.15) is 110 Å². The molecule has 10 nitrogen and oxygen atoms in total. The van der Waals surface area contributed by atoms with Gasteiger partial charge in [-0.2, -0.15) is 0 Å². The minimum Gasteiger partial charge on any atom is -0.645 e. The first-order valence-corrected chi connectivity index (χ1v) is 22.0. The molecule has 0 aliphatic carbocycles. The van der Waals surface area contributed by atoms with Gasteiger partial charge in [-0.15, -0.1) is 0 Å². The van der Waals surface area contributed by atoms with Crippen LogP contribution in [-0.2, 0) is 49.9 Å². The Morgan fingerprint density at radius 2 is 0.937 bits per heavy atom. The van der Waals surface area contributed by atoms with Gasteiger partial charge in [0.05, 0.1) is 25.0 Å². The molecule has 0 aliphatic rings. The summed E-state index contributed by atoms with van der Waals surface area (Å²) < 4.78 is 18.8. The number of carboxylic acid groups (broad SMARTS) is 2. The molecule has 4 unspecified atom stereocenters. The van der Waals surface area contributed by atoms with Gasteiger partial charge in [0.2, 0.25) is 0 Å². The van der Waals surface area contributed by atoms with E-state index >= 15 is 0 Å². The molecule has 0 saturated carbocycles. The van der Waals surface area contributed by atoms with E-state index in [0.29, 0.717) is 38.3 Å². The van der Waals surface area contributed by atoms with E-state index < -0.39 is 17.9 Å². The number of carboxylic acids is 2. The van der Waals surface area contributed by atoms with Crippen molar-refractivity contribution in [3.63, 3.8) is 0 Å². The quantitative estimate of drug-likeness (QED) is 0.0439. The molecular formula is C50H76KO10PS. The molecule has 0 aliphatic heterocycles. The SMILES string of the molecule is C=CC(=O)O.C=CC(=O)OCCOC.C=Cc1ccccc1.CCC(C)C(=O)O.CCC(C)C(=O)OCCOC.CCC(C)c1ccccc1.CCC(C)c1ccccc1.[K+].[P-]=S. The van der Waals surface area contributed by atoms with E-state index in [1.807, 2.05) is 57.2 Å². The average molecular weight is 939 g/mol. The Kier molecular flexibility index (Phi) is 62.4. The van der Waals surface area contributed by atoms with E-state index in [1.54, 1.807) is 21.1 Å². The summed E-state index contributed by atoms with van der Waals surface area (Å²) in [6.45, 7) is 27.7. The number of carbonyl (C=O) groups is 4. The second-order valence-electron chi connectivity index (χ2n) is 13.1. The van der Waals surface area contributed by atoms with Crippen molar-refractivity contribution in [3.8, 4) is 0 Å². The van der Waals surface area contributed by atoms with Crippen molar-refractivity contribution >= 4 is 49.8 Å². The molecule has 0 fully saturated rings. The Labute approximate surface area is 430 Å². The summed E-state index contributed by atoms with van der Waals surface area (Å²) in [5.41, 5.74) is 4.07. The third-order valence-electron chi connectivity index (χ3n) is 8.45. The average Bonchev–Trinajstić information content (AvgIpc) is 3.33. The molecule has 0 radical (unpaired) electrons. The molecule has 0 amide bonds. The van der Waals surface area contributed by atoms with Crippen molar-refractivity contribution in [2.24, 2.45) is 11.8 Å². The Balaban J connectivity index is -0.000000150. The van der Waals surface area contributed by atoms with Crippen molar-refractivity contribution in [3.05, 3.63) is 140 Å². The fourth-order valence-electron chi connectivity index (χ4n) is 3.62. The van der Waals surface area contributed by atoms with Gasteiger partial charge in [0.15, 0.2) is 0 Å². The number of carbonyl (C=O) groups excluding carboxylic acids is 2. The van der Waals surface area contributed by atoms with Gasteiger partial charge < -0.3 is 49.0 Å². The van der Waals surface area contributed by atoms with E-state index in [4.69, 9.17) is 19.7 Å². The summed E-state index contributed by atoms with van der Waals surface area (Å²) in [7, 11) is 6.23. The van der Waals surface area contributed by atoms with Crippen LogP contribution < -0.4 is 51.4 Å². The molecule has 348 valence electrons. The maximum atomic E-state index is 11.0. The minimum absolute atomic E-state index is 0. The Hall–Kier alpha value is -3.16. The standard InChI is InChI=1S/2C10H14.C8H16O3.C8H8.C6H10O3.C5H10O2.C3H4O2.K.PS/c2*1-3-9(2)10-7-5-4-6-8-10;1-4-7(2)8(9)11-6-5-10-3;1-2-8-6-4-3-5-7-8;1-3-6(7)9-5-4-8-2;1-3-4(2)5(6)7;1-2-3(4)5;;1-2/h2*4-9H,3H2,1-2H3;7H,4-6H2,1-3H3;2-7H,1H2;3H,1,4-5H2,2H3;4H,3H2,1-2H3,(H,6,7);2H,1H2,(H,4,5);;/q;;;;;;;+1;-1. The van der Waals surface area contributed by atoms with Gasteiger partial charge in [-0.3, -0.25) is 9.59 Å². The van der Waals surface area contributed by atoms with E-state index in [-0.39, 0.29) is 69.2 Å². The van der Waals surface area contributed by atoms with Crippen molar-refractivity contribution in [1.82, 2.24) is 0 Å². The smallest absolute Gasteiger partial charge is 0.645 e. The predicted octanol–water partition coefficient (Wildman–Crippen LogP) is 9.55. The minimum atomic E-state index is -0.981. The van der Waals surface area contributed by atoms with Gasteiger partial charge in [-0.1, -0.05) is 172 Å². The van der Waals surface area contributed by atoms with Gasteiger partial charge >= 0.3 is 75.3 Å². The number of aliphatic carboxylic acids is 2. The van der Waals surface area contributed by atoms with Crippen LogP contribution in [0.15, 0.2) is 123 Å². The van der Waals surface area contributed by atoms with E-state index in [9.17, 15) is 19.2 Å². The number of methoxy groups -OCH3 is 2. The molecule has 0 saturated heterocycles. The zero-order valence-corrected chi connectivity index (χ0v) is 44.8. The molecule has 13 heteroatoms. The maximum Gasteiger partial charge on any atom is 1.00 e. The molecule has 3 aromatic rings. The second kappa shape index (κ2) is 55.0. The maximum absolute atomic E-state index is 11.0. The molecule has 2 N–H and O–H groups in total. The first-order chi connectivity index (χ1) is 29.6. The van der Waals surface area contributed by atoms with Crippen LogP contribution in [0.2, 0.25) is 0 Å². The number of hydrogen-bond donors (Lipinski definition) is 2. The number of benzene rings is 3. The third-order valence-corrected chi connectivity index (χ3v) is 8.45. The number of rotatable bonds is 17. The summed E-state index contributed by atoms with van der Waals surface area (Å²) >= 11 is 3.78. The zero-order valence-electron chi connectivity index (χ0n) is 40.0. The van der Waals surface area contributed by atoms with Gasteiger partial charge in [-0.05, 0) is 54.2 Å². The summed E-state index contributed by atoms with van der Waals surface area (Å²) in [6, 6.07) is 31.3. The monoisotopic (exact) mass is 938 g/mol. The normalized spacial score (nSPS) is 10.7. The Morgan fingerprint density at radius 1 is 0.587 bits per heavy atom. The van der Waals surface area contributed by atoms with Gasteiger partial charge in [-0.25, -0.2) is 9.59 Å². The van der Waals surface area contributed by atoms with Crippen LogP contribution in [0.3, 0.4) is 0 Å². The molecule has 0 aromatic heterocycles. The Morgan fingerprint density at radius 3 is 1.17 bits per heavy atom. The number of hydrogen-bond acceptors (Lipinski definition) is 9. The van der Waals surface area contributed by atoms with Gasteiger partial charge in [0, 0.05) is 26.4 Å². The first kappa shape index (κ1) is 71.5. The Bertz CT molecular complexity index is 1470. The van der Waals surface area contributed by atoms with Crippen LogP contribution in [0, 0.1) is 11.8 Å². The molecule has 3 rings (SSSR count). The van der Waals surface area contributed by atoms with Crippen molar-refractivity contribution < 1.29 is 99.7 Å². The van der Waals surface area contributed by atoms with E-state index in [2.05, 4.69) is 137 Å².